The van der Waals surface area contributed by atoms with E-state index in [9.17, 15) is 0 Å². The number of nitrogens with zero attached hydrogens (tertiary/aromatic N) is 1. The molecule has 0 aromatic heterocycles. The fourth-order valence-corrected chi connectivity index (χ4v) is 5.22. The van der Waals surface area contributed by atoms with Crippen LogP contribution >= 0.6 is 35.3 Å². The molecule has 0 aliphatic rings. The van der Waals surface area contributed by atoms with Crippen LogP contribution in [0.5, 0.6) is 0 Å². The molecule has 0 bridgehead atoms. The smallest absolute Gasteiger partial charge is 0.0251 e. The second-order valence-corrected chi connectivity index (χ2v) is 9.12. The van der Waals surface area contributed by atoms with E-state index in [1.165, 1.54) is 31.4 Å². The average molecular weight is 426 g/mol. The van der Waals surface area contributed by atoms with E-state index in [2.05, 4.69) is 96.5 Å². The monoisotopic (exact) mass is 425 g/mol. The predicted molar refractivity (Wildman–Crippen MR) is 128 cm³/mol. The molecule has 3 aromatic carbocycles. The van der Waals surface area contributed by atoms with E-state index in [0.717, 1.165) is 19.6 Å². The average Bonchev–Trinajstić information content (AvgIpc) is 2.75. The Morgan fingerprint density at radius 3 is 1.07 bits per heavy atom. The van der Waals surface area contributed by atoms with E-state index in [1.807, 2.05) is 35.3 Å². The first-order chi connectivity index (χ1) is 13.7. The molecule has 28 heavy (non-hydrogen) atoms. The van der Waals surface area contributed by atoms with Gasteiger partial charge in [-0.1, -0.05) is 54.6 Å². The second kappa shape index (κ2) is 11.0. The van der Waals surface area contributed by atoms with Crippen molar-refractivity contribution in [3.63, 3.8) is 0 Å². The van der Waals surface area contributed by atoms with Gasteiger partial charge in [-0.3, -0.25) is 4.90 Å². The molecule has 0 radical (unpaired) electrons. The highest BCUT2D eigenvalue weighted by atomic mass is 32.2. The fourth-order valence-electron chi connectivity index (χ4n) is 3.39. The first-order valence-electron chi connectivity index (χ1n) is 9.33. The summed E-state index contributed by atoms with van der Waals surface area (Å²) in [6.45, 7) is 2.84. The number of hydrogen-bond acceptors (Lipinski definition) is 4. The summed E-state index contributed by atoms with van der Waals surface area (Å²) in [7, 11) is 0. The molecule has 0 fully saturated rings. The van der Waals surface area contributed by atoms with Crippen molar-refractivity contribution in [3.05, 3.63) is 89.5 Å². The Bertz CT molecular complexity index is 777. The van der Waals surface area contributed by atoms with Gasteiger partial charge in [-0.15, -0.1) is 35.3 Å². The lowest BCUT2D eigenvalue weighted by molar-refractivity contribution is 0.242. The highest BCUT2D eigenvalue weighted by Crippen LogP contribution is 2.28. The molecule has 146 valence electrons. The summed E-state index contributed by atoms with van der Waals surface area (Å²) in [6.07, 6.45) is 6.49. The third-order valence-electron chi connectivity index (χ3n) is 4.76. The van der Waals surface area contributed by atoms with Gasteiger partial charge in [0.1, 0.15) is 0 Å². The molecule has 0 atom stereocenters. The standard InChI is InChI=1S/C24H27NS3/c1-26-22-13-7-4-10-19(22)16-25(17-20-11-5-8-14-23(20)27-2)18-21-12-6-9-15-24(21)28-3/h4-15H,16-18H2,1-3H3. The molecule has 4 heteroatoms. The summed E-state index contributed by atoms with van der Waals surface area (Å²) >= 11 is 5.49. The quantitative estimate of drug-likeness (QED) is 0.338. The van der Waals surface area contributed by atoms with Gasteiger partial charge in [0.15, 0.2) is 0 Å². The summed E-state index contributed by atoms with van der Waals surface area (Å²) in [5.74, 6) is 0. The minimum atomic E-state index is 0.947. The molecule has 3 rings (SSSR count). The van der Waals surface area contributed by atoms with Crippen LogP contribution in [0, 0.1) is 0 Å². The second-order valence-electron chi connectivity index (χ2n) is 6.58. The van der Waals surface area contributed by atoms with Gasteiger partial charge in [0.05, 0.1) is 0 Å². The van der Waals surface area contributed by atoms with E-state index in [1.54, 1.807) is 0 Å². The van der Waals surface area contributed by atoms with Crippen molar-refractivity contribution in [2.45, 2.75) is 34.3 Å². The molecular formula is C24H27NS3. The molecule has 0 spiro atoms. The van der Waals surface area contributed by atoms with Crippen LogP contribution < -0.4 is 0 Å². The van der Waals surface area contributed by atoms with E-state index < -0.39 is 0 Å². The molecule has 0 saturated heterocycles. The van der Waals surface area contributed by atoms with Gasteiger partial charge in [0.2, 0.25) is 0 Å². The highest BCUT2D eigenvalue weighted by molar-refractivity contribution is 7.99. The van der Waals surface area contributed by atoms with Crippen LogP contribution in [0.25, 0.3) is 0 Å². The lowest BCUT2D eigenvalue weighted by atomic mass is 10.1. The van der Waals surface area contributed by atoms with E-state index >= 15 is 0 Å². The summed E-state index contributed by atoms with van der Waals surface area (Å²) in [4.78, 5) is 6.66. The number of thioether (sulfide) groups is 3. The fraction of sp³-hybridized carbons (Fsp3) is 0.250. The van der Waals surface area contributed by atoms with Crippen molar-refractivity contribution in [3.8, 4) is 0 Å². The van der Waals surface area contributed by atoms with E-state index in [4.69, 9.17) is 0 Å². The molecule has 0 heterocycles. The van der Waals surface area contributed by atoms with Crippen molar-refractivity contribution < 1.29 is 0 Å². The van der Waals surface area contributed by atoms with Crippen molar-refractivity contribution in [1.29, 1.82) is 0 Å². The number of hydrogen-bond donors (Lipinski definition) is 0. The Kier molecular flexibility index (Phi) is 8.41. The molecule has 0 amide bonds. The third kappa shape index (κ3) is 5.60. The number of rotatable bonds is 9. The molecule has 0 N–H and O–H groups in total. The van der Waals surface area contributed by atoms with Gasteiger partial charge in [-0.25, -0.2) is 0 Å². The van der Waals surface area contributed by atoms with Crippen molar-refractivity contribution in [2.75, 3.05) is 18.8 Å². The molecule has 1 nitrogen and oxygen atoms in total. The number of benzene rings is 3. The molecule has 0 aliphatic carbocycles. The van der Waals surface area contributed by atoms with Crippen LogP contribution in [0.1, 0.15) is 16.7 Å². The van der Waals surface area contributed by atoms with Crippen LogP contribution in [0.15, 0.2) is 87.5 Å². The molecule has 3 aromatic rings. The zero-order valence-corrected chi connectivity index (χ0v) is 19.2. The van der Waals surface area contributed by atoms with Crippen molar-refractivity contribution in [2.24, 2.45) is 0 Å². The van der Waals surface area contributed by atoms with Gasteiger partial charge in [-0.05, 0) is 53.7 Å². The van der Waals surface area contributed by atoms with Gasteiger partial charge < -0.3 is 0 Å². The lowest BCUT2D eigenvalue weighted by Crippen LogP contribution is -2.23. The third-order valence-corrected chi connectivity index (χ3v) is 7.27. The SMILES string of the molecule is CSc1ccccc1CN(Cc1ccccc1SC)Cc1ccccc1SC. The topological polar surface area (TPSA) is 3.24 Å². The normalized spacial score (nSPS) is 11.1. The van der Waals surface area contributed by atoms with E-state index in [-0.39, 0.29) is 0 Å². The summed E-state index contributed by atoms with van der Waals surface area (Å²) in [6, 6.07) is 26.3. The summed E-state index contributed by atoms with van der Waals surface area (Å²) < 4.78 is 0. The maximum Gasteiger partial charge on any atom is 0.0251 e. The molecule has 0 saturated carbocycles. The Hall–Kier alpha value is -1.33. The first-order valence-corrected chi connectivity index (χ1v) is 13.0. The molecule has 0 unspecified atom stereocenters. The Labute approximate surface area is 182 Å². The van der Waals surface area contributed by atoms with Crippen LogP contribution in [-0.4, -0.2) is 23.7 Å². The predicted octanol–water partition coefficient (Wildman–Crippen LogP) is 7.05. The van der Waals surface area contributed by atoms with Crippen LogP contribution in [0.2, 0.25) is 0 Å². The highest BCUT2D eigenvalue weighted by Gasteiger charge is 2.14. The van der Waals surface area contributed by atoms with Gasteiger partial charge >= 0.3 is 0 Å². The zero-order valence-electron chi connectivity index (χ0n) is 16.7. The van der Waals surface area contributed by atoms with Gasteiger partial charge in [0, 0.05) is 34.3 Å². The lowest BCUT2D eigenvalue weighted by Gasteiger charge is -2.25. The molecular weight excluding hydrogens is 398 g/mol. The maximum atomic E-state index is 2.57. The summed E-state index contributed by atoms with van der Waals surface area (Å²) in [5.41, 5.74) is 4.20. The van der Waals surface area contributed by atoms with E-state index in [0.29, 0.717) is 0 Å². The Morgan fingerprint density at radius 2 is 0.786 bits per heavy atom. The van der Waals surface area contributed by atoms with Crippen molar-refractivity contribution in [1.82, 2.24) is 4.90 Å². The van der Waals surface area contributed by atoms with Gasteiger partial charge in [0.25, 0.3) is 0 Å². The zero-order chi connectivity index (χ0) is 19.8. The van der Waals surface area contributed by atoms with Crippen LogP contribution in [0.4, 0.5) is 0 Å². The minimum absolute atomic E-state index is 0.947. The van der Waals surface area contributed by atoms with Gasteiger partial charge in [-0.2, -0.15) is 0 Å². The Morgan fingerprint density at radius 1 is 0.500 bits per heavy atom. The Balaban J connectivity index is 1.91. The molecule has 0 aliphatic heterocycles. The minimum Gasteiger partial charge on any atom is -0.290 e. The van der Waals surface area contributed by atoms with Crippen molar-refractivity contribution >= 4 is 35.3 Å². The van der Waals surface area contributed by atoms with Crippen LogP contribution in [0.3, 0.4) is 0 Å². The maximum absolute atomic E-state index is 2.57. The summed E-state index contributed by atoms with van der Waals surface area (Å²) in [5, 5.41) is 0. The van der Waals surface area contributed by atoms with Crippen LogP contribution in [-0.2, 0) is 19.6 Å². The first kappa shape index (κ1) is 21.4. The largest absolute Gasteiger partial charge is 0.290 e.